The topological polar surface area (TPSA) is 105 Å². The Labute approximate surface area is 269 Å². The molecule has 2 aliphatic heterocycles. The second-order valence-electron chi connectivity index (χ2n) is 12.8. The zero-order valence-corrected chi connectivity index (χ0v) is 26.6. The molecule has 1 aliphatic carbocycles. The normalized spacial score (nSPS) is 21.0. The molecule has 0 radical (unpaired) electrons. The fraction of sp³-hybridized carbons (Fsp3) is 0.405. The van der Waals surface area contributed by atoms with E-state index in [0.29, 0.717) is 25.8 Å². The highest BCUT2D eigenvalue weighted by molar-refractivity contribution is 5.90. The van der Waals surface area contributed by atoms with Crippen LogP contribution < -0.4 is 5.32 Å². The van der Waals surface area contributed by atoms with E-state index in [2.05, 4.69) is 29.6 Å². The number of ether oxygens (including phenoxy) is 2. The molecule has 0 spiro atoms. The number of rotatable bonds is 10. The number of nitrogens with one attached hydrogen (secondary N) is 1. The third kappa shape index (κ3) is 5.98. The minimum absolute atomic E-state index is 0.0344. The van der Waals surface area contributed by atoms with Gasteiger partial charge in [0.1, 0.15) is 19.2 Å². The van der Waals surface area contributed by atoms with Gasteiger partial charge in [0.2, 0.25) is 11.8 Å². The van der Waals surface area contributed by atoms with E-state index in [-0.39, 0.29) is 48.9 Å². The first kappa shape index (κ1) is 31.3. The van der Waals surface area contributed by atoms with Crippen LogP contribution in [0.5, 0.6) is 0 Å². The van der Waals surface area contributed by atoms with Crippen LogP contribution in [0.1, 0.15) is 61.8 Å². The molecule has 1 N–H and O–H groups in total. The molecule has 0 saturated carbocycles. The summed E-state index contributed by atoms with van der Waals surface area (Å²) in [6.07, 6.45) is 1.17. The first-order chi connectivity index (χ1) is 22.3. The zero-order valence-electron chi connectivity index (χ0n) is 26.6. The van der Waals surface area contributed by atoms with Gasteiger partial charge in [0.25, 0.3) is 0 Å². The van der Waals surface area contributed by atoms with Crippen LogP contribution in [0.3, 0.4) is 0 Å². The number of fused-ring (bicyclic) bond motifs is 3. The quantitative estimate of drug-likeness (QED) is 0.243. The van der Waals surface area contributed by atoms with Crippen molar-refractivity contribution in [1.29, 1.82) is 0 Å². The molecule has 240 valence electrons. The SMILES string of the molecule is COC(=O)CN1C(=O)[C@H](C[C@H](NC(=O)[C@@H]2CCCN2C(=O)OCC2c3ccccc3-c3ccccc32)C(C)C)[C@H]1c1ccccc1. The Balaban J connectivity index is 1.11. The lowest BCUT2D eigenvalue weighted by Crippen LogP contribution is -2.59. The Hall–Kier alpha value is -4.66. The summed E-state index contributed by atoms with van der Waals surface area (Å²) in [6, 6.07) is 24.8. The Bertz CT molecular complexity index is 1560. The number of likely N-dealkylation sites (tertiary alicyclic amines) is 2. The maximum Gasteiger partial charge on any atom is 0.410 e. The van der Waals surface area contributed by atoms with Crippen molar-refractivity contribution in [2.75, 3.05) is 26.8 Å². The van der Waals surface area contributed by atoms with Gasteiger partial charge in [-0.2, -0.15) is 0 Å². The molecule has 3 aromatic carbocycles. The van der Waals surface area contributed by atoms with E-state index in [4.69, 9.17) is 9.47 Å². The fourth-order valence-electron chi connectivity index (χ4n) is 7.28. The van der Waals surface area contributed by atoms with Crippen molar-refractivity contribution >= 4 is 23.9 Å². The summed E-state index contributed by atoms with van der Waals surface area (Å²) in [6.45, 7) is 4.53. The third-order valence-electron chi connectivity index (χ3n) is 9.75. The predicted octanol–water partition coefficient (Wildman–Crippen LogP) is 5.30. The van der Waals surface area contributed by atoms with Crippen LogP contribution in [0.4, 0.5) is 4.79 Å². The van der Waals surface area contributed by atoms with E-state index in [0.717, 1.165) is 27.8 Å². The summed E-state index contributed by atoms with van der Waals surface area (Å²) in [5.41, 5.74) is 5.52. The Morgan fingerprint density at radius 2 is 1.54 bits per heavy atom. The van der Waals surface area contributed by atoms with Crippen LogP contribution in [0, 0.1) is 11.8 Å². The lowest BCUT2D eigenvalue weighted by molar-refractivity contribution is -0.165. The van der Waals surface area contributed by atoms with Crippen molar-refractivity contribution < 1.29 is 28.7 Å². The molecule has 6 rings (SSSR count). The van der Waals surface area contributed by atoms with Gasteiger partial charge in [-0.3, -0.25) is 19.3 Å². The first-order valence-electron chi connectivity index (χ1n) is 16.1. The largest absolute Gasteiger partial charge is 0.468 e. The summed E-state index contributed by atoms with van der Waals surface area (Å²) >= 11 is 0. The number of hydrogen-bond donors (Lipinski definition) is 1. The molecule has 3 amide bonds. The first-order valence-corrected chi connectivity index (χ1v) is 16.1. The predicted molar refractivity (Wildman–Crippen MR) is 173 cm³/mol. The summed E-state index contributed by atoms with van der Waals surface area (Å²) in [7, 11) is 1.31. The molecule has 9 heteroatoms. The van der Waals surface area contributed by atoms with Gasteiger partial charge < -0.3 is 19.7 Å². The lowest BCUT2D eigenvalue weighted by Gasteiger charge is -2.48. The van der Waals surface area contributed by atoms with E-state index in [1.165, 1.54) is 7.11 Å². The minimum Gasteiger partial charge on any atom is -0.468 e. The van der Waals surface area contributed by atoms with E-state index in [1.54, 1.807) is 9.80 Å². The highest BCUT2D eigenvalue weighted by atomic mass is 16.6. The van der Waals surface area contributed by atoms with Gasteiger partial charge in [-0.1, -0.05) is 92.7 Å². The van der Waals surface area contributed by atoms with Crippen molar-refractivity contribution in [2.24, 2.45) is 11.8 Å². The lowest BCUT2D eigenvalue weighted by atomic mass is 9.77. The molecule has 46 heavy (non-hydrogen) atoms. The maximum atomic E-state index is 13.7. The number of benzene rings is 3. The third-order valence-corrected chi connectivity index (χ3v) is 9.75. The average Bonchev–Trinajstić information content (AvgIpc) is 3.69. The van der Waals surface area contributed by atoms with Crippen LogP contribution in [-0.4, -0.2) is 72.6 Å². The molecule has 2 saturated heterocycles. The molecule has 0 aromatic heterocycles. The van der Waals surface area contributed by atoms with Crippen molar-refractivity contribution in [3.63, 3.8) is 0 Å². The Morgan fingerprint density at radius 3 is 2.17 bits per heavy atom. The molecule has 3 aromatic rings. The summed E-state index contributed by atoms with van der Waals surface area (Å²) < 4.78 is 10.7. The molecule has 4 atom stereocenters. The number of carbonyl (C=O) groups excluding carboxylic acids is 4. The van der Waals surface area contributed by atoms with Gasteiger partial charge in [0.05, 0.1) is 19.1 Å². The monoisotopic (exact) mass is 623 g/mol. The van der Waals surface area contributed by atoms with Crippen LogP contribution in [0.15, 0.2) is 78.9 Å². The van der Waals surface area contributed by atoms with Crippen molar-refractivity contribution in [3.8, 4) is 11.1 Å². The van der Waals surface area contributed by atoms with Gasteiger partial charge in [0.15, 0.2) is 0 Å². The van der Waals surface area contributed by atoms with Crippen molar-refractivity contribution in [2.45, 2.75) is 57.2 Å². The maximum absolute atomic E-state index is 13.7. The smallest absolute Gasteiger partial charge is 0.410 e. The van der Waals surface area contributed by atoms with E-state index >= 15 is 0 Å². The summed E-state index contributed by atoms with van der Waals surface area (Å²) in [5.74, 6) is -1.28. The Kier molecular flexibility index (Phi) is 9.10. The highest BCUT2D eigenvalue weighted by Gasteiger charge is 2.50. The molecular formula is C37H41N3O6. The molecule has 0 unspecified atom stereocenters. The van der Waals surface area contributed by atoms with Crippen LogP contribution in [0.2, 0.25) is 0 Å². The molecule has 9 nitrogen and oxygen atoms in total. The fourth-order valence-corrected chi connectivity index (χ4v) is 7.28. The molecule has 2 fully saturated rings. The van der Waals surface area contributed by atoms with E-state index < -0.39 is 24.0 Å². The van der Waals surface area contributed by atoms with E-state index in [1.807, 2.05) is 68.4 Å². The Morgan fingerprint density at radius 1 is 0.913 bits per heavy atom. The number of carbonyl (C=O) groups is 4. The highest BCUT2D eigenvalue weighted by Crippen LogP contribution is 2.45. The molecule has 2 heterocycles. The number of nitrogens with zero attached hydrogens (tertiary/aromatic N) is 2. The number of hydrogen-bond acceptors (Lipinski definition) is 6. The average molecular weight is 624 g/mol. The molecule has 0 bridgehead atoms. The molecular weight excluding hydrogens is 582 g/mol. The van der Waals surface area contributed by atoms with Crippen LogP contribution in [-0.2, 0) is 23.9 Å². The zero-order chi connectivity index (χ0) is 32.4. The van der Waals surface area contributed by atoms with Gasteiger partial charge in [0, 0.05) is 18.5 Å². The van der Waals surface area contributed by atoms with Crippen molar-refractivity contribution in [1.82, 2.24) is 15.1 Å². The van der Waals surface area contributed by atoms with E-state index in [9.17, 15) is 19.2 Å². The molecule has 3 aliphatic rings. The minimum atomic E-state index is -0.644. The number of methoxy groups -OCH3 is 1. The summed E-state index contributed by atoms with van der Waals surface area (Å²) in [4.78, 5) is 55.6. The standard InChI is InChI=1S/C37H41N3O6/c1-23(2)31(20-29-34(24-12-5-4-6-13-24)40(36(29)43)21-33(41)45-3)38-35(42)32-18-11-19-39(32)37(44)46-22-30-27-16-9-7-14-25(27)26-15-8-10-17-28(26)30/h4-10,12-17,23,29-32,34H,11,18-22H2,1-3H3,(H,38,42)/t29-,31+,32+,34-/m1/s1. The summed E-state index contributed by atoms with van der Waals surface area (Å²) in [5, 5.41) is 3.17. The van der Waals surface area contributed by atoms with Gasteiger partial charge in [-0.05, 0) is 53.0 Å². The second kappa shape index (κ2) is 13.4. The van der Waals surface area contributed by atoms with Gasteiger partial charge in [-0.15, -0.1) is 0 Å². The van der Waals surface area contributed by atoms with Crippen LogP contribution in [0.25, 0.3) is 11.1 Å². The van der Waals surface area contributed by atoms with Gasteiger partial charge in [-0.25, -0.2) is 4.79 Å². The second-order valence-corrected chi connectivity index (χ2v) is 12.8. The van der Waals surface area contributed by atoms with Gasteiger partial charge >= 0.3 is 12.1 Å². The van der Waals surface area contributed by atoms with Crippen LogP contribution >= 0.6 is 0 Å². The number of amides is 3. The van der Waals surface area contributed by atoms with Crippen molar-refractivity contribution in [3.05, 3.63) is 95.6 Å². The number of esters is 1. The number of β-lactam (4-membered cyclic amide) rings is 1.